The monoisotopic (exact) mass is 301 g/mol. The van der Waals surface area contributed by atoms with E-state index in [-0.39, 0.29) is 12.0 Å². The largest absolute Gasteiger partial charge is 0.425 e. The summed E-state index contributed by atoms with van der Waals surface area (Å²) in [5, 5.41) is 4.21. The second-order valence-corrected chi connectivity index (χ2v) is 6.12. The first kappa shape index (κ1) is 15.1. The van der Waals surface area contributed by atoms with E-state index in [0.29, 0.717) is 5.75 Å². The standard InChI is InChI=1S/C17H23N3O2/c1-20(2)10-8-12-11-19-13-5-3-7-15(16(12)13)22-17(21)14-6-4-9-18-14/h3,5,7,11,14,18-19H,4,6,8-10H2,1-2H3/t14-/m0/s1. The van der Waals surface area contributed by atoms with Crippen LogP contribution in [0.2, 0.25) is 0 Å². The summed E-state index contributed by atoms with van der Waals surface area (Å²) in [6.45, 7) is 1.85. The van der Waals surface area contributed by atoms with E-state index in [9.17, 15) is 4.79 Å². The molecule has 0 radical (unpaired) electrons. The van der Waals surface area contributed by atoms with Crippen LogP contribution in [0.15, 0.2) is 24.4 Å². The van der Waals surface area contributed by atoms with E-state index in [1.165, 1.54) is 5.56 Å². The zero-order valence-corrected chi connectivity index (χ0v) is 13.2. The molecule has 2 N–H and O–H groups in total. The quantitative estimate of drug-likeness (QED) is 0.654. The predicted octanol–water partition coefficient (Wildman–Crippen LogP) is 1.93. The van der Waals surface area contributed by atoms with Crippen LogP contribution < -0.4 is 10.1 Å². The predicted molar refractivity (Wildman–Crippen MR) is 87.2 cm³/mol. The molecule has 1 saturated heterocycles. The lowest BCUT2D eigenvalue weighted by Gasteiger charge is -2.12. The minimum Gasteiger partial charge on any atom is -0.425 e. The van der Waals surface area contributed by atoms with Gasteiger partial charge in [0.15, 0.2) is 0 Å². The number of hydrogen-bond acceptors (Lipinski definition) is 4. The van der Waals surface area contributed by atoms with Gasteiger partial charge in [0, 0.05) is 23.6 Å². The zero-order chi connectivity index (χ0) is 15.5. The van der Waals surface area contributed by atoms with Crippen LogP contribution in [0, 0.1) is 0 Å². The number of benzene rings is 1. The molecule has 3 rings (SSSR count). The van der Waals surface area contributed by atoms with Crippen molar-refractivity contribution in [1.82, 2.24) is 15.2 Å². The molecule has 5 nitrogen and oxygen atoms in total. The molecular weight excluding hydrogens is 278 g/mol. The van der Waals surface area contributed by atoms with Gasteiger partial charge in [0.1, 0.15) is 11.8 Å². The Kier molecular flexibility index (Phi) is 4.45. The highest BCUT2D eigenvalue weighted by Crippen LogP contribution is 2.29. The van der Waals surface area contributed by atoms with Gasteiger partial charge in [0.2, 0.25) is 0 Å². The number of fused-ring (bicyclic) bond motifs is 1. The fourth-order valence-electron chi connectivity index (χ4n) is 2.91. The summed E-state index contributed by atoms with van der Waals surface area (Å²) in [6.07, 6.45) is 4.82. The van der Waals surface area contributed by atoms with Crippen LogP contribution in [0.5, 0.6) is 5.75 Å². The highest BCUT2D eigenvalue weighted by molar-refractivity contribution is 5.92. The van der Waals surface area contributed by atoms with Crippen LogP contribution >= 0.6 is 0 Å². The topological polar surface area (TPSA) is 57.4 Å². The van der Waals surface area contributed by atoms with Gasteiger partial charge in [-0.05, 0) is 57.6 Å². The van der Waals surface area contributed by atoms with Gasteiger partial charge in [-0.25, -0.2) is 4.79 Å². The van der Waals surface area contributed by atoms with Crippen molar-refractivity contribution in [2.24, 2.45) is 0 Å². The Morgan fingerprint density at radius 2 is 2.27 bits per heavy atom. The number of nitrogens with zero attached hydrogens (tertiary/aromatic N) is 1. The Morgan fingerprint density at radius 3 is 3.00 bits per heavy atom. The number of likely N-dealkylation sites (N-methyl/N-ethyl adjacent to an activating group) is 1. The molecule has 0 amide bonds. The lowest BCUT2D eigenvalue weighted by atomic mass is 10.1. The van der Waals surface area contributed by atoms with Crippen molar-refractivity contribution in [3.8, 4) is 5.75 Å². The molecule has 1 aromatic heterocycles. The zero-order valence-electron chi connectivity index (χ0n) is 13.2. The third-order valence-corrected chi connectivity index (χ3v) is 4.13. The van der Waals surface area contributed by atoms with Crippen LogP contribution in [0.1, 0.15) is 18.4 Å². The van der Waals surface area contributed by atoms with Crippen LogP contribution in [0.25, 0.3) is 10.9 Å². The normalized spacial score (nSPS) is 18.2. The maximum absolute atomic E-state index is 12.3. The van der Waals surface area contributed by atoms with Gasteiger partial charge >= 0.3 is 5.97 Å². The molecule has 5 heteroatoms. The van der Waals surface area contributed by atoms with E-state index >= 15 is 0 Å². The number of ether oxygens (including phenoxy) is 1. The molecular formula is C17H23N3O2. The number of nitrogens with one attached hydrogen (secondary N) is 2. The van der Waals surface area contributed by atoms with Gasteiger partial charge in [-0.2, -0.15) is 0 Å². The molecule has 1 fully saturated rings. The number of carbonyl (C=O) groups excluding carboxylic acids is 1. The molecule has 1 aliphatic rings. The highest BCUT2D eigenvalue weighted by atomic mass is 16.5. The summed E-state index contributed by atoms with van der Waals surface area (Å²) in [7, 11) is 4.11. The maximum atomic E-state index is 12.3. The lowest BCUT2D eigenvalue weighted by molar-refractivity contribution is -0.136. The summed E-state index contributed by atoms with van der Waals surface area (Å²) >= 11 is 0. The number of hydrogen-bond donors (Lipinski definition) is 2. The summed E-state index contributed by atoms with van der Waals surface area (Å²) in [4.78, 5) is 17.7. The Labute approximate surface area is 130 Å². The molecule has 0 aliphatic carbocycles. The van der Waals surface area contributed by atoms with E-state index in [2.05, 4.69) is 29.3 Å². The van der Waals surface area contributed by atoms with Crippen LogP contribution in [0.3, 0.4) is 0 Å². The van der Waals surface area contributed by atoms with Crippen molar-refractivity contribution in [2.45, 2.75) is 25.3 Å². The summed E-state index contributed by atoms with van der Waals surface area (Å²) in [5.74, 6) is 0.482. The molecule has 1 atom stereocenters. The van der Waals surface area contributed by atoms with E-state index in [0.717, 1.165) is 43.3 Å². The van der Waals surface area contributed by atoms with Crippen molar-refractivity contribution in [3.05, 3.63) is 30.0 Å². The molecule has 0 bridgehead atoms. The molecule has 22 heavy (non-hydrogen) atoms. The molecule has 2 heterocycles. The van der Waals surface area contributed by atoms with Crippen molar-refractivity contribution < 1.29 is 9.53 Å². The van der Waals surface area contributed by atoms with Crippen LogP contribution in [-0.2, 0) is 11.2 Å². The Hall–Kier alpha value is -1.85. The van der Waals surface area contributed by atoms with Gasteiger partial charge in [0.25, 0.3) is 0 Å². The molecule has 2 aromatic rings. The summed E-state index contributed by atoms with van der Waals surface area (Å²) < 4.78 is 5.68. The van der Waals surface area contributed by atoms with Gasteiger partial charge in [-0.15, -0.1) is 0 Å². The number of aromatic amines is 1. The fraction of sp³-hybridized carbons (Fsp3) is 0.471. The average molecular weight is 301 g/mol. The van der Waals surface area contributed by atoms with E-state index < -0.39 is 0 Å². The number of esters is 1. The van der Waals surface area contributed by atoms with Gasteiger partial charge in [-0.3, -0.25) is 0 Å². The Balaban J connectivity index is 1.84. The van der Waals surface area contributed by atoms with Gasteiger partial charge < -0.3 is 19.9 Å². The van der Waals surface area contributed by atoms with Crippen LogP contribution in [-0.4, -0.2) is 49.1 Å². The molecule has 0 saturated carbocycles. The first-order valence-electron chi connectivity index (χ1n) is 7.84. The van der Waals surface area contributed by atoms with Crippen molar-refractivity contribution >= 4 is 16.9 Å². The van der Waals surface area contributed by atoms with Crippen molar-refractivity contribution in [3.63, 3.8) is 0 Å². The molecule has 118 valence electrons. The van der Waals surface area contributed by atoms with E-state index in [1.54, 1.807) is 0 Å². The second-order valence-electron chi connectivity index (χ2n) is 6.12. The van der Waals surface area contributed by atoms with Crippen molar-refractivity contribution in [1.29, 1.82) is 0 Å². The Bertz CT molecular complexity index is 657. The second kappa shape index (κ2) is 6.50. The Morgan fingerprint density at radius 1 is 1.41 bits per heavy atom. The third-order valence-electron chi connectivity index (χ3n) is 4.13. The van der Waals surface area contributed by atoms with E-state index in [1.807, 2.05) is 24.4 Å². The summed E-state index contributed by atoms with van der Waals surface area (Å²) in [6, 6.07) is 5.64. The van der Waals surface area contributed by atoms with Gasteiger partial charge in [0.05, 0.1) is 0 Å². The van der Waals surface area contributed by atoms with Crippen LogP contribution in [0.4, 0.5) is 0 Å². The fourth-order valence-corrected chi connectivity index (χ4v) is 2.91. The van der Waals surface area contributed by atoms with E-state index in [4.69, 9.17) is 4.74 Å². The molecule has 0 unspecified atom stereocenters. The number of H-pyrrole nitrogens is 1. The third kappa shape index (κ3) is 3.15. The lowest BCUT2D eigenvalue weighted by Crippen LogP contribution is -2.34. The highest BCUT2D eigenvalue weighted by Gasteiger charge is 2.24. The number of rotatable bonds is 5. The van der Waals surface area contributed by atoms with Crippen molar-refractivity contribution in [2.75, 3.05) is 27.2 Å². The maximum Gasteiger partial charge on any atom is 0.328 e. The minimum atomic E-state index is -0.176. The molecule has 1 aromatic carbocycles. The number of carbonyl (C=O) groups is 1. The molecule has 0 spiro atoms. The number of aromatic nitrogens is 1. The SMILES string of the molecule is CN(C)CCc1c[nH]c2cccc(OC(=O)[C@@H]3CCCN3)c12. The average Bonchev–Trinajstić information content (AvgIpc) is 3.15. The van der Waals surface area contributed by atoms with Gasteiger partial charge in [-0.1, -0.05) is 6.07 Å². The minimum absolute atomic E-state index is 0.167. The smallest absolute Gasteiger partial charge is 0.328 e. The summed E-state index contributed by atoms with van der Waals surface area (Å²) in [5.41, 5.74) is 2.20. The molecule has 1 aliphatic heterocycles. The first-order chi connectivity index (χ1) is 10.6. The first-order valence-corrected chi connectivity index (χ1v) is 7.84.